The van der Waals surface area contributed by atoms with Crippen molar-refractivity contribution < 1.29 is 14.7 Å². The Bertz CT molecular complexity index is 726. The molecule has 0 amide bonds. The molecule has 2 aromatic rings. The zero-order valence-corrected chi connectivity index (χ0v) is 15.1. The molecular formula is C20H24N2O4. The number of rotatable bonds is 5. The number of allylic oxidation sites excluding steroid dienone is 1. The lowest BCUT2D eigenvalue weighted by Gasteiger charge is -2.17. The minimum Gasteiger partial charge on any atom is -0.493 e. The molecule has 6 nitrogen and oxygen atoms in total. The molecule has 1 aromatic heterocycles. The summed E-state index contributed by atoms with van der Waals surface area (Å²) in [6.07, 6.45) is 10.8. The number of hydrogen-bond donors (Lipinski definition) is 1. The Morgan fingerprint density at radius 2 is 1.81 bits per heavy atom. The van der Waals surface area contributed by atoms with E-state index in [1.54, 1.807) is 7.11 Å². The van der Waals surface area contributed by atoms with Crippen molar-refractivity contribution in [2.45, 2.75) is 38.7 Å². The Labute approximate surface area is 153 Å². The van der Waals surface area contributed by atoms with Gasteiger partial charge in [-0.05, 0) is 73.6 Å². The van der Waals surface area contributed by atoms with Gasteiger partial charge in [0.25, 0.3) is 0 Å². The zero-order chi connectivity index (χ0) is 18.8. The maximum absolute atomic E-state index is 8.11. The van der Waals surface area contributed by atoms with Crippen LogP contribution in [0, 0.1) is 4.91 Å². The van der Waals surface area contributed by atoms with Gasteiger partial charge in [0.1, 0.15) is 0 Å². The van der Waals surface area contributed by atoms with Gasteiger partial charge in [-0.2, -0.15) is 0 Å². The van der Waals surface area contributed by atoms with Gasteiger partial charge in [-0.3, -0.25) is 4.98 Å². The minimum absolute atomic E-state index is 0.314. The van der Waals surface area contributed by atoms with Crippen LogP contribution in [-0.2, 0) is 0 Å². The van der Waals surface area contributed by atoms with Crippen LogP contribution in [0.3, 0.4) is 0 Å². The van der Waals surface area contributed by atoms with Gasteiger partial charge >= 0.3 is 0 Å². The summed E-state index contributed by atoms with van der Waals surface area (Å²) >= 11 is 0. The zero-order valence-electron chi connectivity index (χ0n) is 15.1. The molecule has 3 rings (SSSR count). The van der Waals surface area contributed by atoms with E-state index in [4.69, 9.17) is 19.6 Å². The molecule has 0 atom stereocenters. The summed E-state index contributed by atoms with van der Waals surface area (Å²) < 4.78 is 11.7. The van der Waals surface area contributed by atoms with Crippen molar-refractivity contribution in [1.29, 1.82) is 0 Å². The average Bonchev–Trinajstić information content (AvgIpc) is 3.17. The fourth-order valence-corrected chi connectivity index (χ4v) is 3.15. The molecule has 1 aliphatic carbocycles. The normalized spacial score (nSPS) is 14.3. The molecule has 1 heterocycles. The topological polar surface area (TPSA) is 81.0 Å². The van der Waals surface area contributed by atoms with Crippen LogP contribution in [0.25, 0.3) is 5.57 Å². The van der Waals surface area contributed by atoms with E-state index in [9.17, 15) is 0 Å². The molecule has 1 aliphatic rings. The van der Waals surface area contributed by atoms with Crippen LogP contribution in [0.5, 0.6) is 11.5 Å². The highest BCUT2D eigenvalue weighted by molar-refractivity contribution is 5.80. The fraction of sp³-hybridized carbons (Fsp3) is 0.350. The van der Waals surface area contributed by atoms with E-state index in [0.717, 1.165) is 35.5 Å². The molecule has 0 saturated heterocycles. The molecule has 1 saturated carbocycles. The third-order valence-corrected chi connectivity index (χ3v) is 4.35. The second-order valence-corrected chi connectivity index (χ2v) is 5.91. The molecule has 0 bridgehead atoms. The van der Waals surface area contributed by atoms with Gasteiger partial charge in [0, 0.05) is 12.4 Å². The van der Waals surface area contributed by atoms with Crippen LogP contribution >= 0.6 is 0 Å². The van der Waals surface area contributed by atoms with Gasteiger partial charge < -0.3 is 14.7 Å². The average molecular weight is 356 g/mol. The van der Waals surface area contributed by atoms with E-state index in [0.29, 0.717) is 6.10 Å². The highest BCUT2D eigenvalue weighted by atomic mass is 16.6. The van der Waals surface area contributed by atoms with Crippen LogP contribution in [0.4, 0.5) is 0 Å². The van der Waals surface area contributed by atoms with Gasteiger partial charge in [-0.25, -0.2) is 0 Å². The highest BCUT2D eigenvalue weighted by Crippen LogP contribution is 2.35. The number of pyridine rings is 1. The predicted molar refractivity (Wildman–Crippen MR) is 100 cm³/mol. The van der Waals surface area contributed by atoms with Crippen molar-refractivity contribution in [2.75, 3.05) is 7.11 Å². The van der Waals surface area contributed by atoms with Crippen molar-refractivity contribution >= 4 is 5.57 Å². The highest BCUT2D eigenvalue weighted by Gasteiger charge is 2.19. The molecule has 1 aromatic carbocycles. The minimum atomic E-state index is 0.314. The van der Waals surface area contributed by atoms with Gasteiger partial charge in [-0.1, -0.05) is 12.1 Å². The number of aromatic nitrogens is 1. The Kier molecular flexibility index (Phi) is 7.61. The second-order valence-electron chi connectivity index (χ2n) is 5.91. The molecule has 0 unspecified atom stereocenters. The maximum Gasteiger partial charge on any atom is 0.162 e. The van der Waals surface area contributed by atoms with E-state index in [2.05, 4.69) is 30.1 Å². The van der Waals surface area contributed by atoms with Gasteiger partial charge in [0.15, 0.2) is 16.8 Å². The summed E-state index contributed by atoms with van der Waals surface area (Å²) in [7, 11) is 1.69. The lowest BCUT2D eigenvalue weighted by molar-refractivity contribution is 0.201. The smallest absolute Gasteiger partial charge is 0.162 e. The van der Waals surface area contributed by atoms with Gasteiger partial charge in [0.05, 0.1) is 13.2 Å². The van der Waals surface area contributed by atoms with Crippen molar-refractivity contribution in [3.8, 4) is 11.5 Å². The summed E-state index contributed by atoms with van der Waals surface area (Å²) in [4.78, 5) is 12.2. The summed E-state index contributed by atoms with van der Waals surface area (Å²) in [6.45, 7) is 2.05. The Balaban J connectivity index is 0.000000758. The first-order valence-electron chi connectivity index (χ1n) is 8.62. The van der Waals surface area contributed by atoms with Crippen LogP contribution < -0.4 is 9.47 Å². The largest absolute Gasteiger partial charge is 0.493 e. The molecule has 138 valence electrons. The van der Waals surface area contributed by atoms with Gasteiger partial charge in [0.2, 0.25) is 0 Å². The molecule has 1 fully saturated rings. The number of ether oxygens (including phenoxy) is 2. The summed E-state index contributed by atoms with van der Waals surface area (Å²) in [6, 6.07) is 10.2. The van der Waals surface area contributed by atoms with E-state index in [-0.39, 0.29) is 0 Å². The summed E-state index contributed by atoms with van der Waals surface area (Å²) in [5.41, 5.74) is 3.46. The Hall–Kier alpha value is -2.89. The molecule has 0 spiro atoms. The van der Waals surface area contributed by atoms with Crippen molar-refractivity contribution in [1.82, 2.24) is 4.98 Å². The first-order chi connectivity index (χ1) is 12.7. The van der Waals surface area contributed by atoms with E-state index < -0.39 is 0 Å². The molecule has 6 heteroatoms. The van der Waals surface area contributed by atoms with Crippen LogP contribution in [-0.4, -0.2) is 23.4 Å². The molecule has 0 radical (unpaired) electrons. The lowest BCUT2D eigenvalue weighted by Crippen LogP contribution is -2.11. The van der Waals surface area contributed by atoms with Crippen molar-refractivity contribution in [3.05, 3.63) is 64.8 Å². The van der Waals surface area contributed by atoms with Crippen molar-refractivity contribution in [3.63, 3.8) is 0 Å². The Morgan fingerprint density at radius 3 is 2.38 bits per heavy atom. The first kappa shape index (κ1) is 19.4. The first-order valence-corrected chi connectivity index (χ1v) is 8.62. The lowest BCUT2D eigenvalue weighted by atomic mass is 9.98. The van der Waals surface area contributed by atoms with Crippen LogP contribution in [0.1, 0.15) is 43.7 Å². The molecule has 0 aliphatic heterocycles. The quantitative estimate of drug-likeness (QED) is 0.602. The number of hydrogen-bond acceptors (Lipinski definition) is 5. The fourth-order valence-electron chi connectivity index (χ4n) is 3.15. The monoisotopic (exact) mass is 356 g/mol. The molecule has 1 N–H and O–H groups in total. The third kappa shape index (κ3) is 5.05. The SMILES string of the molecule is CC=C(c1ccncc1)c1ccc(OC)c(OC2CCCC2)c1.O=NO. The van der Waals surface area contributed by atoms with E-state index >= 15 is 0 Å². The second kappa shape index (κ2) is 10.2. The van der Waals surface area contributed by atoms with E-state index in [1.807, 2.05) is 30.6 Å². The third-order valence-electron chi connectivity index (χ3n) is 4.35. The van der Waals surface area contributed by atoms with Crippen LogP contribution in [0.2, 0.25) is 0 Å². The number of benzene rings is 1. The maximum atomic E-state index is 8.11. The van der Waals surface area contributed by atoms with Crippen LogP contribution in [0.15, 0.2) is 54.1 Å². The number of methoxy groups -OCH3 is 1. The standard InChI is InChI=1S/C20H23NO2.HNO2/c1-3-18(15-10-12-21-13-11-15)16-8-9-19(22-2)20(14-16)23-17-6-4-5-7-17;2-1-3/h3,8-14,17H,4-7H2,1-2H3;(H,2,3). The number of nitrogens with zero attached hydrogens (tertiary/aromatic N) is 2. The molecular weight excluding hydrogens is 332 g/mol. The summed E-state index contributed by atoms with van der Waals surface area (Å²) in [5.74, 6) is 1.64. The van der Waals surface area contributed by atoms with Gasteiger partial charge in [-0.15, -0.1) is 4.91 Å². The summed E-state index contributed by atoms with van der Waals surface area (Å²) in [5, 5.41) is 7.89. The predicted octanol–water partition coefficient (Wildman–Crippen LogP) is 5.01. The van der Waals surface area contributed by atoms with Crippen molar-refractivity contribution in [2.24, 2.45) is 5.34 Å². The Morgan fingerprint density at radius 1 is 1.15 bits per heavy atom. The molecule has 26 heavy (non-hydrogen) atoms. The van der Waals surface area contributed by atoms with E-state index in [1.165, 1.54) is 23.8 Å².